The van der Waals surface area contributed by atoms with E-state index < -0.39 is 0 Å². The maximum absolute atomic E-state index is 11.7. The Bertz CT molecular complexity index is 350. The van der Waals surface area contributed by atoms with E-state index in [-0.39, 0.29) is 18.1 Å². The molecule has 88 valence electrons. The summed E-state index contributed by atoms with van der Waals surface area (Å²) in [6.07, 6.45) is 0.882. The van der Waals surface area contributed by atoms with Crippen molar-refractivity contribution in [1.82, 2.24) is 4.90 Å². The quantitative estimate of drug-likeness (QED) is 0.755. The van der Waals surface area contributed by atoms with Crippen LogP contribution in [-0.4, -0.2) is 29.6 Å². The summed E-state index contributed by atoms with van der Waals surface area (Å²) in [6, 6.07) is 4.10. The van der Waals surface area contributed by atoms with Crippen molar-refractivity contribution < 1.29 is 9.53 Å². The molecule has 0 amide bonds. The fraction of sp³-hybridized carbons (Fsp3) is 0.583. The molecule has 0 radical (unpaired) electrons. The fourth-order valence-electron chi connectivity index (χ4n) is 2.08. The number of hydrogen-bond donors (Lipinski definition) is 0. The number of thiophene rings is 1. The van der Waals surface area contributed by atoms with E-state index in [2.05, 4.69) is 23.3 Å². The van der Waals surface area contributed by atoms with Crippen LogP contribution in [0, 0.1) is 0 Å². The smallest absolute Gasteiger partial charge is 0.323 e. The SMILES string of the molecule is CCN(Cc1cccs1)[C@H]1C[C@@H](C)OC1=O. The summed E-state index contributed by atoms with van der Waals surface area (Å²) in [5, 5.41) is 2.07. The van der Waals surface area contributed by atoms with Crippen molar-refractivity contribution in [2.75, 3.05) is 6.54 Å². The lowest BCUT2D eigenvalue weighted by Gasteiger charge is -2.23. The average molecular weight is 239 g/mol. The molecule has 0 spiro atoms. The van der Waals surface area contributed by atoms with Crippen LogP contribution in [-0.2, 0) is 16.1 Å². The third-order valence-electron chi connectivity index (χ3n) is 2.93. The Morgan fingerprint density at radius 3 is 2.94 bits per heavy atom. The molecule has 0 unspecified atom stereocenters. The molecule has 3 nitrogen and oxygen atoms in total. The Morgan fingerprint density at radius 1 is 1.62 bits per heavy atom. The zero-order valence-electron chi connectivity index (χ0n) is 9.68. The molecule has 0 saturated carbocycles. The minimum Gasteiger partial charge on any atom is -0.461 e. The van der Waals surface area contributed by atoms with E-state index in [1.807, 2.05) is 13.0 Å². The van der Waals surface area contributed by atoms with Crippen LogP contribution in [0.25, 0.3) is 0 Å². The average Bonchev–Trinajstić information content (AvgIpc) is 2.85. The van der Waals surface area contributed by atoms with E-state index in [0.29, 0.717) is 0 Å². The molecule has 1 saturated heterocycles. The van der Waals surface area contributed by atoms with Gasteiger partial charge >= 0.3 is 5.97 Å². The highest BCUT2D eigenvalue weighted by Gasteiger charge is 2.35. The summed E-state index contributed by atoms with van der Waals surface area (Å²) < 4.78 is 5.20. The maximum Gasteiger partial charge on any atom is 0.323 e. The zero-order valence-corrected chi connectivity index (χ0v) is 10.5. The number of esters is 1. The second kappa shape index (κ2) is 4.97. The van der Waals surface area contributed by atoms with Crippen molar-refractivity contribution in [1.29, 1.82) is 0 Å². The Morgan fingerprint density at radius 2 is 2.44 bits per heavy atom. The molecule has 2 rings (SSSR count). The van der Waals surface area contributed by atoms with Gasteiger partial charge in [-0.2, -0.15) is 0 Å². The van der Waals surface area contributed by atoms with Crippen molar-refractivity contribution in [2.45, 2.75) is 39.0 Å². The molecule has 0 N–H and O–H groups in total. The molecule has 1 aromatic rings. The van der Waals surface area contributed by atoms with Crippen molar-refractivity contribution in [3.8, 4) is 0 Å². The summed E-state index contributed by atoms with van der Waals surface area (Å²) in [6.45, 7) is 5.77. The van der Waals surface area contributed by atoms with Crippen LogP contribution in [0.15, 0.2) is 17.5 Å². The largest absolute Gasteiger partial charge is 0.461 e. The lowest BCUT2D eigenvalue weighted by molar-refractivity contribution is -0.144. The van der Waals surface area contributed by atoms with E-state index >= 15 is 0 Å². The first-order valence-corrected chi connectivity index (χ1v) is 6.55. The van der Waals surface area contributed by atoms with Gasteiger partial charge in [0.1, 0.15) is 12.1 Å². The standard InChI is InChI=1S/C12H17NO2S/c1-3-13(8-10-5-4-6-16-10)11-7-9(2)15-12(11)14/h4-6,9,11H,3,7-8H2,1-2H3/t9-,11+/m1/s1. The molecular weight excluding hydrogens is 222 g/mol. The number of nitrogens with zero attached hydrogens (tertiary/aromatic N) is 1. The predicted molar refractivity (Wildman–Crippen MR) is 64.4 cm³/mol. The second-order valence-corrected chi connectivity index (χ2v) is 5.17. The van der Waals surface area contributed by atoms with Gasteiger partial charge in [-0.1, -0.05) is 13.0 Å². The van der Waals surface area contributed by atoms with E-state index in [1.165, 1.54) is 4.88 Å². The molecule has 1 fully saturated rings. The second-order valence-electron chi connectivity index (χ2n) is 4.14. The van der Waals surface area contributed by atoms with Gasteiger partial charge in [0.15, 0.2) is 0 Å². The number of cyclic esters (lactones) is 1. The molecule has 0 aliphatic carbocycles. The minimum atomic E-state index is -0.0640. The molecule has 2 atom stereocenters. The molecule has 1 aliphatic rings. The summed E-state index contributed by atoms with van der Waals surface area (Å²) >= 11 is 1.73. The molecule has 16 heavy (non-hydrogen) atoms. The normalized spacial score (nSPS) is 25.1. The van der Waals surface area contributed by atoms with Gasteiger partial charge in [0, 0.05) is 17.8 Å². The van der Waals surface area contributed by atoms with Crippen LogP contribution in [0.5, 0.6) is 0 Å². The minimum absolute atomic E-state index is 0.0536. The summed E-state index contributed by atoms with van der Waals surface area (Å²) in [5.41, 5.74) is 0. The molecule has 1 aromatic heterocycles. The number of likely N-dealkylation sites (N-methyl/N-ethyl adjacent to an activating group) is 1. The molecule has 0 aromatic carbocycles. The molecule has 1 aliphatic heterocycles. The van der Waals surface area contributed by atoms with Crippen molar-refractivity contribution in [2.24, 2.45) is 0 Å². The van der Waals surface area contributed by atoms with Gasteiger partial charge in [0.25, 0.3) is 0 Å². The van der Waals surface area contributed by atoms with Crippen LogP contribution in [0.2, 0.25) is 0 Å². The summed E-state index contributed by atoms with van der Waals surface area (Å²) in [5.74, 6) is -0.0640. The topological polar surface area (TPSA) is 29.5 Å². The number of carbonyl (C=O) groups is 1. The number of carbonyl (C=O) groups excluding carboxylic acids is 1. The Kier molecular flexibility index (Phi) is 3.61. The van der Waals surface area contributed by atoms with Crippen molar-refractivity contribution in [3.63, 3.8) is 0 Å². The zero-order chi connectivity index (χ0) is 11.5. The summed E-state index contributed by atoms with van der Waals surface area (Å²) in [4.78, 5) is 15.1. The highest BCUT2D eigenvalue weighted by atomic mass is 32.1. The van der Waals surface area contributed by atoms with Crippen LogP contribution in [0.4, 0.5) is 0 Å². The maximum atomic E-state index is 11.7. The van der Waals surface area contributed by atoms with Gasteiger partial charge in [-0.3, -0.25) is 9.69 Å². The highest BCUT2D eigenvalue weighted by Crippen LogP contribution is 2.22. The van der Waals surface area contributed by atoms with Gasteiger partial charge < -0.3 is 4.74 Å². The fourth-order valence-corrected chi connectivity index (χ4v) is 2.81. The number of ether oxygens (including phenoxy) is 1. The van der Waals surface area contributed by atoms with Crippen LogP contribution < -0.4 is 0 Å². The first-order chi connectivity index (χ1) is 7.70. The number of hydrogen-bond acceptors (Lipinski definition) is 4. The Hall–Kier alpha value is -0.870. The van der Waals surface area contributed by atoms with E-state index in [1.54, 1.807) is 11.3 Å². The van der Waals surface area contributed by atoms with Crippen LogP contribution in [0.1, 0.15) is 25.1 Å². The van der Waals surface area contributed by atoms with Gasteiger partial charge in [-0.05, 0) is 24.9 Å². The molecular formula is C12H17NO2S. The van der Waals surface area contributed by atoms with Crippen molar-refractivity contribution >= 4 is 17.3 Å². The predicted octanol–water partition coefficient (Wildman–Crippen LogP) is 2.27. The Labute approximate surface area is 100 Å². The third kappa shape index (κ3) is 2.44. The van der Waals surface area contributed by atoms with E-state index in [4.69, 9.17) is 4.74 Å². The lowest BCUT2D eigenvalue weighted by Crippen LogP contribution is -2.37. The van der Waals surface area contributed by atoms with Crippen LogP contribution >= 0.6 is 11.3 Å². The first-order valence-electron chi connectivity index (χ1n) is 5.67. The molecule has 4 heteroatoms. The highest BCUT2D eigenvalue weighted by molar-refractivity contribution is 7.09. The van der Waals surface area contributed by atoms with E-state index in [9.17, 15) is 4.79 Å². The van der Waals surface area contributed by atoms with Gasteiger partial charge in [0.05, 0.1) is 0 Å². The number of rotatable bonds is 4. The Balaban J connectivity index is 2.02. The first kappa shape index (κ1) is 11.6. The van der Waals surface area contributed by atoms with Gasteiger partial charge in [-0.25, -0.2) is 0 Å². The van der Waals surface area contributed by atoms with Gasteiger partial charge in [0.2, 0.25) is 0 Å². The van der Waals surface area contributed by atoms with E-state index in [0.717, 1.165) is 19.5 Å². The lowest BCUT2D eigenvalue weighted by atomic mass is 10.1. The van der Waals surface area contributed by atoms with Crippen molar-refractivity contribution in [3.05, 3.63) is 22.4 Å². The third-order valence-corrected chi connectivity index (χ3v) is 3.79. The van der Waals surface area contributed by atoms with Crippen LogP contribution in [0.3, 0.4) is 0 Å². The molecule has 2 heterocycles. The molecule has 0 bridgehead atoms. The monoisotopic (exact) mass is 239 g/mol. The summed E-state index contributed by atoms with van der Waals surface area (Å²) in [7, 11) is 0. The van der Waals surface area contributed by atoms with Gasteiger partial charge in [-0.15, -0.1) is 11.3 Å².